The third kappa shape index (κ3) is 5.43. The molecule has 2 aromatic carbocycles. The number of halogens is 2. The summed E-state index contributed by atoms with van der Waals surface area (Å²) in [5.41, 5.74) is 1.54. The van der Waals surface area contributed by atoms with E-state index in [2.05, 4.69) is 10.2 Å². The van der Waals surface area contributed by atoms with Crippen molar-refractivity contribution in [2.45, 2.75) is 0 Å². The van der Waals surface area contributed by atoms with Gasteiger partial charge in [-0.3, -0.25) is 4.57 Å². The minimum absolute atomic E-state index is 0.369. The Labute approximate surface area is 147 Å². The van der Waals surface area contributed by atoms with E-state index >= 15 is 0 Å². The third-order valence-electron chi connectivity index (χ3n) is 3.19. The van der Waals surface area contributed by atoms with E-state index in [1.165, 1.54) is 0 Å². The molecule has 0 saturated carbocycles. The van der Waals surface area contributed by atoms with E-state index in [-0.39, 0.29) is 0 Å². The Balaban J connectivity index is 2.30. The molecule has 2 rings (SSSR count). The number of benzene rings is 2. The monoisotopic (exact) mass is 371 g/mol. The van der Waals surface area contributed by atoms with E-state index < -0.39 is 7.59 Å². The fraction of sp³-hybridized carbons (Fsp3) is 0.250. The van der Waals surface area contributed by atoms with Gasteiger partial charge in [0.2, 0.25) is 0 Å². The first-order valence-electron chi connectivity index (χ1n) is 7.32. The highest BCUT2D eigenvalue weighted by atomic mass is 35.5. The first-order chi connectivity index (χ1) is 11.2. The largest absolute Gasteiger partial charge is 0.330 e. The molecule has 0 aliphatic heterocycles. The summed E-state index contributed by atoms with van der Waals surface area (Å²) < 4.78 is 15.4. The predicted molar refractivity (Wildman–Crippen MR) is 101 cm³/mol. The van der Waals surface area contributed by atoms with Gasteiger partial charge in [-0.05, 0) is 24.3 Å². The summed E-state index contributed by atoms with van der Waals surface area (Å²) in [6, 6.07) is 18.9. The van der Waals surface area contributed by atoms with Crippen molar-refractivity contribution in [2.24, 2.45) is 0 Å². The highest BCUT2D eigenvalue weighted by molar-refractivity contribution is 7.64. The Bertz CT molecular complexity index is 576. The second-order valence-corrected chi connectivity index (χ2v) is 7.78. The third-order valence-corrected chi connectivity index (χ3v) is 5.85. The average molecular weight is 372 g/mol. The van der Waals surface area contributed by atoms with Gasteiger partial charge in [-0.15, -0.1) is 23.2 Å². The molecule has 0 aromatic heterocycles. The topological polar surface area (TPSA) is 44.4 Å². The molecule has 0 unspecified atom stereocenters. The summed E-state index contributed by atoms with van der Waals surface area (Å²) in [6.07, 6.45) is 0. The number of alkyl halides is 2. The van der Waals surface area contributed by atoms with Gasteiger partial charge >= 0.3 is 7.59 Å². The molecule has 0 saturated heterocycles. The Hall–Kier alpha value is -1.19. The zero-order valence-electron chi connectivity index (χ0n) is 12.7. The lowest BCUT2D eigenvalue weighted by atomic mass is 10.3. The normalized spacial score (nSPS) is 11.4. The molecule has 2 aromatic rings. The van der Waals surface area contributed by atoms with Crippen molar-refractivity contribution < 1.29 is 4.57 Å². The number of nitrogens with zero attached hydrogens (tertiary/aromatic N) is 1. The van der Waals surface area contributed by atoms with Crippen LogP contribution in [0.25, 0.3) is 0 Å². The van der Waals surface area contributed by atoms with Crippen LogP contribution in [0.4, 0.5) is 11.4 Å². The number of hydrogen-bond donors (Lipinski definition) is 2. The van der Waals surface area contributed by atoms with Gasteiger partial charge in [0.1, 0.15) is 0 Å². The van der Waals surface area contributed by atoms with Crippen LogP contribution in [0.15, 0.2) is 60.7 Å². The number of rotatable bonds is 9. The summed E-state index contributed by atoms with van der Waals surface area (Å²) in [5.74, 6) is 0.738. The van der Waals surface area contributed by atoms with E-state index in [1.807, 2.05) is 60.7 Å². The predicted octanol–water partition coefficient (Wildman–Crippen LogP) is 5.10. The maximum absolute atomic E-state index is 13.6. The fourth-order valence-electron chi connectivity index (χ4n) is 2.13. The van der Waals surface area contributed by atoms with E-state index in [1.54, 1.807) is 4.67 Å². The molecule has 0 heterocycles. The minimum Gasteiger partial charge on any atom is -0.308 e. The maximum atomic E-state index is 13.6. The van der Waals surface area contributed by atoms with Crippen LogP contribution in [0.1, 0.15) is 0 Å². The molecular formula is C16H20Cl2N3OP. The van der Waals surface area contributed by atoms with E-state index in [0.29, 0.717) is 24.8 Å². The Morgan fingerprint density at radius 2 is 1.17 bits per heavy atom. The number of anilines is 2. The molecule has 124 valence electrons. The van der Waals surface area contributed by atoms with Crippen LogP contribution in [0.5, 0.6) is 0 Å². The number of para-hydroxylation sites is 2. The molecule has 0 fully saturated rings. The van der Waals surface area contributed by atoms with Crippen molar-refractivity contribution >= 4 is 42.2 Å². The van der Waals surface area contributed by atoms with Crippen molar-refractivity contribution in [1.29, 1.82) is 0 Å². The molecule has 23 heavy (non-hydrogen) atoms. The van der Waals surface area contributed by atoms with Gasteiger partial charge < -0.3 is 10.2 Å². The first kappa shape index (κ1) is 18.2. The van der Waals surface area contributed by atoms with Crippen molar-refractivity contribution in [3.63, 3.8) is 0 Å². The zero-order chi connectivity index (χ0) is 16.5. The van der Waals surface area contributed by atoms with Crippen LogP contribution >= 0.6 is 30.8 Å². The molecule has 4 nitrogen and oxygen atoms in total. The summed E-state index contributed by atoms with van der Waals surface area (Å²) in [7, 11) is -3.14. The van der Waals surface area contributed by atoms with E-state index in [0.717, 1.165) is 11.4 Å². The van der Waals surface area contributed by atoms with Gasteiger partial charge in [0.25, 0.3) is 0 Å². The van der Waals surface area contributed by atoms with Gasteiger partial charge in [0.15, 0.2) is 0 Å². The Morgan fingerprint density at radius 3 is 1.52 bits per heavy atom. The lowest BCUT2D eigenvalue weighted by molar-refractivity contribution is 0.454. The van der Waals surface area contributed by atoms with Crippen LogP contribution in [0.3, 0.4) is 0 Å². The molecular weight excluding hydrogens is 352 g/mol. The summed E-state index contributed by atoms with van der Waals surface area (Å²) in [4.78, 5) is 0. The molecule has 0 spiro atoms. The molecule has 0 bridgehead atoms. The molecule has 0 radical (unpaired) electrons. The quantitative estimate of drug-likeness (QED) is 0.475. The molecule has 2 N–H and O–H groups in total. The van der Waals surface area contributed by atoms with Gasteiger partial charge in [-0.25, -0.2) is 4.67 Å². The molecule has 0 aliphatic rings. The van der Waals surface area contributed by atoms with Crippen LogP contribution in [0, 0.1) is 0 Å². The highest BCUT2D eigenvalue weighted by Crippen LogP contribution is 2.48. The molecule has 0 aliphatic carbocycles. The van der Waals surface area contributed by atoms with Crippen molar-refractivity contribution in [3.05, 3.63) is 60.7 Å². The van der Waals surface area contributed by atoms with Gasteiger partial charge in [0, 0.05) is 36.2 Å². The second kappa shape index (κ2) is 9.19. The van der Waals surface area contributed by atoms with Crippen LogP contribution < -0.4 is 10.2 Å². The van der Waals surface area contributed by atoms with Crippen molar-refractivity contribution in [2.75, 3.05) is 35.0 Å². The van der Waals surface area contributed by atoms with E-state index in [9.17, 15) is 4.57 Å². The highest BCUT2D eigenvalue weighted by Gasteiger charge is 2.30. The molecule has 7 heteroatoms. The fourth-order valence-corrected chi connectivity index (χ4v) is 4.88. The van der Waals surface area contributed by atoms with E-state index in [4.69, 9.17) is 23.2 Å². The minimum atomic E-state index is -3.14. The van der Waals surface area contributed by atoms with Gasteiger partial charge in [-0.1, -0.05) is 36.4 Å². The average Bonchev–Trinajstić information content (AvgIpc) is 2.56. The summed E-state index contributed by atoms with van der Waals surface area (Å²) in [6.45, 7) is 0.927. The van der Waals surface area contributed by atoms with Gasteiger partial charge in [0.05, 0.1) is 0 Å². The Kier molecular flexibility index (Phi) is 7.25. The van der Waals surface area contributed by atoms with Crippen LogP contribution in [-0.2, 0) is 4.57 Å². The zero-order valence-corrected chi connectivity index (χ0v) is 15.1. The lowest BCUT2D eigenvalue weighted by Gasteiger charge is -2.32. The lowest BCUT2D eigenvalue weighted by Crippen LogP contribution is -2.31. The molecule has 0 atom stereocenters. The summed E-state index contributed by atoms with van der Waals surface area (Å²) in [5, 5.41) is 6.25. The van der Waals surface area contributed by atoms with Gasteiger partial charge in [-0.2, -0.15) is 0 Å². The SMILES string of the molecule is O=P(Nc1ccccc1)(Nc1ccccc1)N(CCCl)CCCl. The Morgan fingerprint density at radius 1 is 0.783 bits per heavy atom. The smallest absolute Gasteiger partial charge is 0.308 e. The standard InChI is InChI=1S/C16H20Cl2N3OP/c17-11-13-21(14-12-18)23(22,19-15-7-3-1-4-8-15)20-16-9-5-2-6-10-16/h1-10H,11-14H2,(H2,19,20,22). The van der Waals surface area contributed by atoms with Crippen LogP contribution in [-0.4, -0.2) is 29.5 Å². The van der Waals surface area contributed by atoms with Crippen molar-refractivity contribution in [1.82, 2.24) is 4.67 Å². The van der Waals surface area contributed by atoms with Crippen LogP contribution in [0.2, 0.25) is 0 Å². The first-order valence-corrected chi connectivity index (χ1v) is 10.0. The number of hydrogen-bond acceptors (Lipinski definition) is 1. The number of nitrogens with one attached hydrogen (secondary N) is 2. The maximum Gasteiger partial charge on any atom is 0.330 e. The second-order valence-electron chi connectivity index (χ2n) is 4.86. The van der Waals surface area contributed by atoms with Crippen molar-refractivity contribution in [3.8, 4) is 0 Å². The molecule has 0 amide bonds. The summed E-state index contributed by atoms with van der Waals surface area (Å²) >= 11 is 11.8.